The van der Waals surface area contributed by atoms with Crippen molar-refractivity contribution in [2.24, 2.45) is 5.92 Å². The van der Waals surface area contributed by atoms with Crippen LogP contribution < -0.4 is 5.32 Å². The van der Waals surface area contributed by atoms with Crippen LogP contribution in [0.15, 0.2) is 28.7 Å². The molecule has 0 fully saturated rings. The highest BCUT2D eigenvalue weighted by Crippen LogP contribution is 2.30. The van der Waals surface area contributed by atoms with Gasteiger partial charge in [0.25, 0.3) is 0 Å². The molecule has 0 radical (unpaired) electrons. The summed E-state index contributed by atoms with van der Waals surface area (Å²) in [6, 6.07) is 9.04. The van der Waals surface area contributed by atoms with Crippen molar-refractivity contribution >= 4 is 11.0 Å². The molecule has 1 aromatic heterocycles. The molecule has 2 unspecified atom stereocenters. The third kappa shape index (κ3) is 2.84. The van der Waals surface area contributed by atoms with Crippen LogP contribution in [0.5, 0.6) is 0 Å². The number of para-hydroxylation sites is 1. The third-order valence-electron chi connectivity index (χ3n) is 3.99. The first-order chi connectivity index (χ1) is 9.04. The minimum absolute atomic E-state index is 0.250. The Morgan fingerprint density at radius 2 is 1.79 bits per heavy atom. The van der Waals surface area contributed by atoms with Crippen molar-refractivity contribution in [2.45, 2.75) is 53.1 Å². The zero-order chi connectivity index (χ0) is 14.0. The summed E-state index contributed by atoms with van der Waals surface area (Å²) in [6.45, 7) is 11.1. The van der Waals surface area contributed by atoms with Crippen LogP contribution in [-0.4, -0.2) is 6.04 Å². The van der Waals surface area contributed by atoms with Gasteiger partial charge in [-0.15, -0.1) is 0 Å². The highest BCUT2D eigenvalue weighted by Gasteiger charge is 2.20. The van der Waals surface area contributed by atoms with Gasteiger partial charge >= 0.3 is 0 Å². The summed E-state index contributed by atoms with van der Waals surface area (Å²) in [7, 11) is 0. The Balaban J connectivity index is 2.33. The number of rotatable bonds is 5. The fraction of sp³-hybridized carbons (Fsp3) is 0.529. The standard InChI is InChI=1S/C17H25NO/c1-6-14-15-9-7-8-10-16(15)19-17(14)13(5)18-12(4)11(2)3/h7-13,18H,6H2,1-5H3. The van der Waals surface area contributed by atoms with Crippen LogP contribution in [0.4, 0.5) is 0 Å². The largest absolute Gasteiger partial charge is 0.459 e. The van der Waals surface area contributed by atoms with Crippen molar-refractivity contribution in [3.8, 4) is 0 Å². The molecule has 1 heterocycles. The monoisotopic (exact) mass is 259 g/mol. The average molecular weight is 259 g/mol. The van der Waals surface area contributed by atoms with E-state index in [-0.39, 0.29) is 6.04 Å². The second-order valence-corrected chi connectivity index (χ2v) is 5.72. The summed E-state index contributed by atoms with van der Waals surface area (Å²) < 4.78 is 6.07. The van der Waals surface area contributed by atoms with E-state index in [1.807, 2.05) is 6.07 Å². The van der Waals surface area contributed by atoms with E-state index in [1.165, 1.54) is 10.9 Å². The van der Waals surface area contributed by atoms with Crippen LogP contribution in [0.1, 0.15) is 52.0 Å². The van der Waals surface area contributed by atoms with Crippen molar-refractivity contribution in [3.05, 3.63) is 35.6 Å². The maximum absolute atomic E-state index is 6.07. The zero-order valence-corrected chi connectivity index (χ0v) is 12.7. The quantitative estimate of drug-likeness (QED) is 0.842. The zero-order valence-electron chi connectivity index (χ0n) is 12.7. The van der Waals surface area contributed by atoms with Gasteiger partial charge in [0, 0.05) is 17.0 Å². The molecular formula is C17H25NO. The molecule has 1 aromatic carbocycles. The van der Waals surface area contributed by atoms with Crippen LogP contribution in [0.2, 0.25) is 0 Å². The topological polar surface area (TPSA) is 25.2 Å². The van der Waals surface area contributed by atoms with Crippen LogP contribution in [0.25, 0.3) is 11.0 Å². The van der Waals surface area contributed by atoms with Crippen molar-refractivity contribution in [2.75, 3.05) is 0 Å². The molecule has 0 saturated carbocycles. The lowest BCUT2D eigenvalue weighted by molar-refractivity contribution is 0.355. The molecule has 2 aromatic rings. The summed E-state index contributed by atoms with van der Waals surface area (Å²) in [5, 5.41) is 4.89. The van der Waals surface area contributed by atoms with E-state index in [9.17, 15) is 0 Å². The summed E-state index contributed by atoms with van der Waals surface area (Å²) in [5.74, 6) is 1.72. The van der Waals surface area contributed by atoms with Crippen molar-refractivity contribution in [3.63, 3.8) is 0 Å². The molecule has 2 atom stereocenters. The Labute approximate surface area is 116 Å². The van der Waals surface area contributed by atoms with Gasteiger partial charge < -0.3 is 9.73 Å². The number of nitrogens with one attached hydrogen (secondary N) is 1. The van der Waals surface area contributed by atoms with Crippen LogP contribution >= 0.6 is 0 Å². The number of hydrogen-bond donors (Lipinski definition) is 1. The molecule has 0 spiro atoms. The first-order valence-corrected chi connectivity index (χ1v) is 7.31. The molecule has 0 aliphatic rings. The highest BCUT2D eigenvalue weighted by molar-refractivity contribution is 5.82. The molecule has 2 rings (SSSR count). The number of hydrogen-bond acceptors (Lipinski definition) is 2. The maximum Gasteiger partial charge on any atom is 0.134 e. The second-order valence-electron chi connectivity index (χ2n) is 5.72. The van der Waals surface area contributed by atoms with Gasteiger partial charge in [0.05, 0.1) is 6.04 Å². The lowest BCUT2D eigenvalue weighted by Gasteiger charge is -2.22. The predicted molar refractivity (Wildman–Crippen MR) is 81.4 cm³/mol. The van der Waals surface area contributed by atoms with E-state index in [0.29, 0.717) is 12.0 Å². The van der Waals surface area contributed by atoms with Gasteiger partial charge in [-0.25, -0.2) is 0 Å². The first-order valence-electron chi connectivity index (χ1n) is 7.31. The fourth-order valence-corrected chi connectivity index (χ4v) is 2.49. The van der Waals surface area contributed by atoms with E-state index in [1.54, 1.807) is 0 Å². The Morgan fingerprint density at radius 1 is 1.11 bits per heavy atom. The molecular weight excluding hydrogens is 234 g/mol. The van der Waals surface area contributed by atoms with Gasteiger partial charge in [-0.2, -0.15) is 0 Å². The fourth-order valence-electron chi connectivity index (χ4n) is 2.49. The molecule has 0 amide bonds. The lowest BCUT2D eigenvalue weighted by atomic mass is 10.0. The van der Waals surface area contributed by atoms with E-state index in [2.05, 4.69) is 58.1 Å². The van der Waals surface area contributed by atoms with E-state index < -0.39 is 0 Å². The van der Waals surface area contributed by atoms with Gasteiger partial charge in [-0.05, 0) is 32.3 Å². The van der Waals surface area contributed by atoms with E-state index in [4.69, 9.17) is 4.42 Å². The van der Waals surface area contributed by atoms with Crippen LogP contribution in [-0.2, 0) is 6.42 Å². The number of aryl methyl sites for hydroxylation is 1. The van der Waals surface area contributed by atoms with Crippen LogP contribution in [0.3, 0.4) is 0 Å². The molecule has 2 heteroatoms. The Kier molecular flexibility index (Phi) is 4.31. The Hall–Kier alpha value is -1.28. The first kappa shape index (κ1) is 14.1. The van der Waals surface area contributed by atoms with E-state index >= 15 is 0 Å². The summed E-state index contributed by atoms with van der Waals surface area (Å²) >= 11 is 0. The number of furan rings is 1. The molecule has 0 aliphatic carbocycles. The average Bonchev–Trinajstić information content (AvgIpc) is 2.76. The minimum Gasteiger partial charge on any atom is -0.459 e. The van der Waals surface area contributed by atoms with Gasteiger partial charge in [-0.3, -0.25) is 0 Å². The van der Waals surface area contributed by atoms with Gasteiger partial charge in [0.1, 0.15) is 11.3 Å². The van der Waals surface area contributed by atoms with Gasteiger partial charge in [-0.1, -0.05) is 39.0 Å². The molecule has 2 nitrogen and oxygen atoms in total. The Morgan fingerprint density at radius 3 is 2.42 bits per heavy atom. The molecule has 0 aliphatic heterocycles. The van der Waals surface area contributed by atoms with Crippen molar-refractivity contribution in [1.82, 2.24) is 5.32 Å². The summed E-state index contributed by atoms with van der Waals surface area (Å²) in [4.78, 5) is 0. The molecule has 0 saturated heterocycles. The van der Waals surface area contributed by atoms with Gasteiger partial charge in [0.2, 0.25) is 0 Å². The lowest BCUT2D eigenvalue weighted by Crippen LogP contribution is -2.33. The SMILES string of the molecule is CCc1c(C(C)NC(C)C(C)C)oc2ccccc12. The van der Waals surface area contributed by atoms with E-state index in [0.717, 1.165) is 17.8 Å². The van der Waals surface area contributed by atoms with Crippen molar-refractivity contribution < 1.29 is 4.42 Å². The minimum atomic E-state index is 0.250. The third-order valence-corrected chi connectivity index (χ3v) is 3.99. The molecule has 104 valence electrons. The summed E-state index contributed by atoms with van der Waals surface area (Å²) in [6.07, 6.45) is 1.01. The number of fused-ring (bicyclic) bond motifs is 1. The highest BCUT2D eigenvalue weighted by atomic mass is 16.3. The second kappa shape index (κ2) is 5.79. The molecule has 1 N–H and O–H groups in total. The molecule has 19 heavy (non-hydrogen) atoms. The van der Waals surface area contributed by atoms with Crippen molar-refractivity contribution in [1.29, 1.82) is 0 Å². The normalized spacial score (nSPS) is 15.1. The van der Waals surface area contributed by atoms with Crippen LogP contribution in [0, 0.1) is 5.92 Å². The Bertz CT molecular complexity index is 541. The van der Waals surface area contributed by atoms with Gasteiger partial charge in [0.15, 0.2) is 0 Å². The predicted octanol–water partition coefficient (Wildman–Crippen LogP) is 4.69. The smallest absolute Gasteiger partial charge is 0.134 e. The molecule has 0 bridgehead atoms. The summed E-state index contributed by atoms with van der Waals surface area (Å²) in [5.41, 5.74) is 2.34. The number of benzene rings is 1. The maximum atomic E-state index is 6.07.